The van der Waals surface area contributed by atoms with Gasteiger partial charge in [0.05, 0.1) is 0 Å². The molecule has 2 amide bonds. The molecular formula is C37H44ClN5O2. The van der Waals surface area contributed by atoms with Crippen LogP contribution in [-0.4, -0.2) is 73.0 Å². The van der Waals surface area contributed by atoms with Crippen LogP contribution in [0.4, 0.5) is 5.69 Å². The van der Waals surface area contributed by atoms with Crippen molar-refractivity contribution in [2.75, 3.05) is 44.2 Å². The monoisotopic (exact) mass is 625 g/mol. The Balaban J connectivity index is 1.02. The van der Waals surface area contributed by atoms with Gasteiger partial charge in [-0.1, -0.05) is 60.1 Å². The summed E-state index contributed by atoms with van der Waals surface area (Å²) in [5.74, 6) is -0.124. The summed E-state index contributed by atoms with van der Waals surface area (Å²) < 4.78 is 0. The number of rotatable bonds is 8. The molecule has 8 heteroatoms. The molecular weight excluding hydrogens is 582 g/mol. The van der Waals surface area contributed by atoms with E-state index in [1.165, 1.54) is 60.3 Å². The number of benzene rings is 3. The number of amides is 2. The number of anilines is 1. The molecule has 3 atom stereocenters. The fourth-order valence-corrected chi connectivity index (χ4v) is 8.03. The third-order valence-electron chi connectivity index (χ3n) is 10.4. The average molecular weight is 626 g/mol. The molecule has 0 bridgehead atoms. The van der Waals surface area contributed by atoms with Gasteiger partial charge in [-0.05, 0) is 91.2 Å². The van der Waals surface area contributed by atoms with E-state index in [-0.39, 0.29) is 17.9 Å². The summed E-state index contributed by atoms with van der Waals surface area (Å²) in [6.07, 6.45) is 6.91. The number of hydrogen-bond donors (Lipinski definition) is 2. The van der Waals surface area contributed by atoms with E-state index in [2.05, 4.69) is 50.8 Å². The van der Waals surface area contributed by atoms with E-state index >= 15 is 0 Å². The van der Waals surface area contributed by atoms with Gasteiger partial charge in [0.2, 0.25) is 11.8 Å². The first-order valence-electron chi connectivity index (χ1n) is 16.8. The van der Waals surface area contributed by atoms with Gasteiger partial charge in [-0.3, -0.25) is 9.59 Å². The zero-order valence-corrected chi connectivity index (χ0v) is 26.8. The molecule has 45 heavy (non-hydrogen) atoms. The SMILES string of the molecule is O=C(CC1NCc2ccccc21)N[C@H](Cc1ccc(Cl)cc1)C(=O)N1CCN(c2cccc3c2C[C@H](N2CCCC2)CC3)CC1. The Morgan fingerprint density at radius 1 is 0.889 bits per heavy atom. The largest absolute Gasteiger partial charge is 0.368 e. The summed E-state index contributed by atoms with van der Waals surface area (Å²) in [6.45, 7) is 6.10. The summed E-state index contributed by atoms with van der Waals surface area (Å²) in [4.78, 5) is 34.6. The Morgan fingerprint density at radius 3 is 2.44 bits per heavy atom. The second-order valence-electron chi connectivity index (χ2n) is 13.2. The molecule has 3 heterocycles. The summed E-state index contributed by atoms with van der Waals surface area (Å²) in [6, 6.07) is 22.6. The number of fused-ring (bicyclic) bond motifs is 2. The molecule has 236 valence electrons. The molecule has 0 spiro atoms. The van der Waals surface area contributed by atoms with Gasteiger partial charge in [0.25, 0.3) is 0 Å². The van der Waals surface area contributed by atoms with Crippen LogP contribution in [0.5, 0.6) is 0 Å². The Morgan fingerprint density at radius 2 is 1.64 bits per heavy atom. The molecule has 7 rings (SSSR count). The number of halogens is 1. The average Bonchev–Trinajstić information content (AvgIpc) is 3.76. The van der Waals surface area contributed by atoms with Gasteiger partial charge in [-0.15, -0.1) is 0 Å². The molecule has 4 aliphatic rings. The van der Waals surface area contributed by atoms with Gasteiger partial charge >= 0.3 is 0 Å². The first-order valence-corrected chi connectivity index (χ1v) is 17.1. The van der Waals surface area contributed by atoms with Crippen LogP contribution < -0.4 is 15.5 Å². The van der Waals surface area contributed by atoms with Crippen molar-refractivity contribution in [3.05, 3.63) is 99.6 Å². The fourth-order valence-electron chi connectivity index (χ4n) is 7.91. The summed E-state index contributed by atoms with van der Waals surface area (Å²) in [5, 5.41) is 7.24. The topological polar surface area (TPSA) is 67.9 Å². The Labute approximate surface area is 271 Å². The number of piperazine rings is 1. The molecule has 2 fully saturated rings. The zero-order chi connectivity index (χ0) is 30.8. The molecule has 3 aromatic carbocycles. The van der Waals surface area contributed by atoms with Crippen LogP contribution in [0.15, 0.2) is 66.7 Å². The molecule has 2 N–H and O–H groups in total. The maximum atomic E-state index is 14.1. The predicted octanol–water partition coefficient (Wildman–Crippen LogP) is 4.90. The number of aryl methyl sites for hydroxylation is 1. The minimum Gasteiger partial charge on any atom is -0.368 e. The smallest absolute Gasteiger partial charge is 0.245 e. The van der Waals surface area contributed by atoms with Crippen molar-refractivity contribution >= 4 is 29.1 Å². The number of likely N-dealkylation sites (tertiary alicyclic amines) is 1. The number of hydrogen-bond acceptors (Lipinski definition) is 5. The second-order valence-corrected chi connectivity index (χ2v) is 13.6. The minimum absolute atomic E-state index is 0.0121. The second kappa shape index (κ2) is 13.5. The quantitative estimate of drug-likeness (QED) is 0.373. The Hall–Kier alpha value is -3.39. The summed E-state index contributed by atoms with van der Waals surface area (Å²) >= 11 is 6.14. The molecule has 0 aromatic heterocycles. The lowest BCUT2D eigenvalue weighted by molar-refractivity contribution is -0.136. The van der Waals surface area contributed by atoms with Crippen LogP contribution >= 0.6 is 11.6 Å². The molecule has 0 saturated carbocycles. The van der Waals surface area contributed by atoms with Crippen LogP contribution in [-0.2, 0) is 35.4 Å². The van der Waals surface area contributed by atoms with Crippen LogP contribution in [0.25, 0.3) is 0 Å². The molecule has 3 aromatic rings. The highest BCUT2D eigenvalue weighted by molar-refractivity contribution is 6.30. The van der Waals surface area contributed by atoms with E-state index < -0.39 is 6.04 Å². The van der Waals surface area contributed by atoms with E-state index in [0.29, 0.717) is 37.0 Å². The summed E-state index contributed by atoms with van der Waals surface area (Å²) in [5.41, 5.74) is 7.72. The fraction of sp³-hybridized carbons (Fsp3) is 0.459. The van der Waals surface area contributed by atoms with Gasteiger partial charge in [-0.2, -0.15) is 0 Å². The molecule has 1 unspecified atom stereocenters. The number of carbonyl (C=O) groups excluding carboxylic acids is 2. The van der Waals surface area contributed by atoms with E-state index in [9.17, 15) is 9.59 Å². The standard InChI is InChI=1S/C37H44ClN5O2/c38-29-13-10-26(11-14-29)22-34(40-36(44)24-33-31-8-2-1-6-28(31)25-39-33)37(45)43-20-18-42(19-21-43)35-9-5-7-27-12-15-30(23-32(27)35)41-16-3-4-17-41/h1-2,5-11,13-14,30,33-34,39H,3-4,12,15-25H2,(H,40,44)/t30-,33?,34-/m1/s1. The lowest BCUT2D eigenvalue weighted by Gasteiger charge is -2.40. The maximum absolute atomic E-state index is 14.1. The lowest BCUT2D eigenvalue weighted by atomic mass is 9.86. The molecule has 2 saturated heterocycles. The van der Waals surface area contributed by atoms with Gasteiger partial charge in [0.1, 0.15) is 6.04 Å². The zero-order valence-electron chi connectivity index (χ0n) is 26.0. The summed E-state index contributed by atoms with van der Waals surface area (Å²) in [7, 11) is 0. The Kier molecular flexibility index (Phi) is 9.11. The van der Waals surface area contributed by atoms with Crippen molar-refractivity contribution < 1.29 is 9.59 Å². The molecule has 7 nitrogen and oxygen atoms in total. The highest BCUT2D eigenvalue weighted by atomic mass is 35.5. The van der Waals surface area contributed by atoms with Crippen LogP contribution in [0.2, 0.25) is 5.02 Å². The van der Waals surface area contributed by atoms with E-state index in [4.69, 9.17) is 11.6 Å². The van der Waals surface area contributed by atoms with Crippen molar-refractivity contribution in [1.29, 1.82) is 0 Å². The van der Waals surface area contributed by atoms with Gasteiger partial charge in [0, 0.05) is 68.4 Å². The highest BCUT2D eigenvalue weighted by Gasteiger charge is 2.33. The normalized spacial score (nSPS) is 22.2. The van der Waals surface area contributed by atoms with Gasteiger partial charge in [-0.25, -0.2) is 0 Å². The maximum Gasteiger partial charge on any atom is 0.245 e. The van der Waals surface area contributed by atoms with Crippen LogP contribution in [0.3, 0.4) is 0 Å². The lowest BCUT2D eigenvalue weighted by Crippen LogP contribution is -2.56. The first-order chi connectivity index (χ1) is 22.0. The van der Waals surface area contributed by atoms with Crippen LogP contribution in [0, 0.1) is 0 Å². The van der Waals surface area contributed by atoms with E-state index in [1.54, 1.807) is 0 Å². The highest BCUT2D eigenvalue weighted by Crippen LogP contribution is 2.34. The Bertz CT molecular complexity index is 1510. The molecule has 3 aliphatic heterocycles. The minimum atomic E-state index is -0.632. The van der Waals surface area contributed by atoms with Gasteiger partial charge < -0.3 is 25.3 Å². The number of nitrogens with one attached hydrogen (secondary N) is 2. The van der Waals surface area contributed by atoms with Crippen molar-refractivity contribution in [2.45, 2.75) is 69.6 Å². The number of carbonyl (C=O) groups is 2. The van der Waals surface area contributed by atoms with E-state index in [0.717, 1.165) is 38.0 Å². The third-order valence-corrected chi connectivity index (χ3v) is 10.6. The van der Waals surface area contributed by atoms with Crippen molar-refractivity contribution in [3.63, 3.8) is 0 Å². The predicted molar refractivity (Wildman–Crippen MR) is 180 cm³/mol. The first kappa shape index (κ1) is 30.3. The van der Waals surface area contributed by atoms with Crippen molar-refractivity contribution in [1.82, 2.24) is 20.4 Å². The van der Waals surface area contributed by atoms with E-state index in [1.807, 2.05) is 41.3 Å². The third kappa shape index (κ3) is 6.76. The molecule has 0 radical (unpaired) electrons. The van der Waals surface area contributed by atoms with Crippen molar-refractivity contribution in [3.8, 4) is 0 Å². The number of nitrogens with zero attached hydrogens (tertiary/aromatic N) is 3. The van der Waals surface area contributed by atoms with Gasteiger partial charge in [0.15, 0.2) is 0 Å². The molecule has 1 aliphatic carbocycles. The van der Waals surface area contributed by atoms with Crippen molar-refractivity contribution in [2.24, 2.45) is 0 Å². The van der Waals surface area contributed by atoms with Crippen LogP contribution in [0.1, 0.15) is 59.5 Å².